The molecule has 9 heteroatoms. The van der Waals surface area contributed by atoms with Crippen LogP contribution in [0.2, 0.25) is 0 Å². The van der Waals surface area contributed by atoms with E-state index in [1.54, 1.807) is 0 Å². The Balaban J connectivity index is 1.97. The number of aromatic nitrogens is 2. The van der Waals surface area contributed by atoms with Crippen LogP contribution in [0.5, 0.6) is 0 Å². The number of aliphatic hydroxyl groups is 1. The molecule has 1 aromatic rings. The van der Waals surface area contributed by atoms with E-state index in [2.05, 4.69) is 15.6 Å². The number of nitrogens with one attached hydrogen (secondary N) is 2. The van der Waals surface area contributed by atoms with Crippen molar-refractivity contribution in [1.82, 2.24) is 20.2 Å². The van der Waals surface area contributed by atoms with Crippen molar-refractivity contribution in [3.8, 4) is 0 Å². The summed E-state index contributed by atoms with van der Waals surface area (Å²) in [4.78, 5) is 15.3. The van der Waals surface area contributed by atoms with Crippen LogP contribution >= 0.6 is 0 Å². The van der Waals surface area contributed by atoms with Crippen molar-refractivity contribution in [1.29, 1.82) is 0 Å². The molecule has 0 aliphatic heterocycles. The van der Waals surface area contributed by atoms with Gasteiger partial charge in [0.05, 0.1) is 0 Å². The summed E-state index contributed by atoms with van der Waals surface area (Å²) in [6, 6.07) is -0.531. The third-order valence-electron chi connectivity index (χ3n) is 4.30. The highest BCUT2D eigenvalue weighted by Gasteiger charge is 2.57. The average molecular weight is 334 g/mol. The molecule has 0 spiro atoms. The second-order valence-electron chi connectivity index (χ2n) is 6.26. The molecule has 1 atom stereocenters. The summed E-state index contributed by atoms with van der Waals surface area (Å²) in [5, 5.41) is 15.2. The van der Waals surface area contributed by atoms with E-state index in [9.17, 15) is 23.1 Å². The van der Waals surface area contributed by atoms with E-state index in [-0.39, 0.29) is 12.1 Å². The van der Waals surface area contributed by atoms with Crippen LogP contribution in [-0.4, -0.2) is 38.9 Å². The number of urea groups is 1. The molecule has 1 heterocycles. The normalized spacial score (nSPS) is 19.6. The molecule has 0 bridgehead atoms. The molecular formula is C14H21F3N4O2. The first kappa shape index (κ1) is 17.6. The van der Waals surface area contributed by atoms with Gasteiger partial charge in [0.1, 0.15) is 5.82 Å². The number of aryl methyl sites for hydroxylation is 1. The maximum atomic E-state index is 13.3. The number of hydrogen-bond donors (Lipinski definition) is 3. The Bertz CT molecular complexity index is 569. The van der Waals surface area contributed by atoms with Gasteiger partial charge in [0.15, 0.2) is 0 Å². The molecule has 23 heavy (non-hydrogen) atoms. The number of alkyl halides is 3. The molecule has 1 aromatic heterocycles. The van der Waals surface area contributed by atoms with Crippen LogP contribution in [0.4, 0.5) is 18.0 Å². The maximum absolute atomic E-state index is 13.3. The largest absolute Gasteiger partial charge is 0.424 e. The van der Waals surface area contributed by atoms with Gasteiger partial charge in [-0.2, -0.15) is 13.2 Å². The zero-order valence-corrected chi connectivity index (χ0v) is 13.1. The number of hydrogen-bond acceptors (Lipinski definition) is 3. The number of imidazole rings is 1. The first-order valence-electron chi connectivity index (χ1n) is 7.40. The number of nitrogens with zero attached hydrogens (tertiary/aromatic N) is 2. The van der Waals surface area contributed by atoms with Gasteiger partial charge in [-0.25, -0.2) is 9.78 Å². The predicted octanol–water partition coefficient (Wildman–Crippen LogP) is 1.80. The molecule has 1 aliphatic carbocycles. The standard InChI is InChI=1S/C14H21F3N4O2/c1-12(4-3-5-12)20-11(22)19-7-6-13(23,14(15,16)17)10-18-8-9-21(10)2/h8-9,23H,3-7H2,1-2H3,(H2,19,20,22). The summed E-state index contributed by atoms with van der Waals surface area (Å²) in [5.41, 5.74) is -3.40. The fourth-order valence-corrected chi connectivity index (χ4v) is 2.65. The van der Waals surface area contributed by atoms with Crippen LogP contribution < -0.4 is 10.6 Å². The van der Waals surface area contributed by atoms with E-state index in [1.165, 1.54) is 19.4 Å². The Labute approximate surface area is 132 Å². The molecule has 1 fully saturated rings. The van der Waals surface area contributed by atoms with E-state index in [1.807, 2.05) is 6.92 Å². The highest BCUT2D eigenvalue weighted by Crippen LogP contribution is 2.40. The van der Waals surface area contributed by atoms with Crippen molar-refractivity contribution in [2.45, 2.75) is 49.9 Å². The van der Waals surface area contributed by atoms with Crippen LogP contribution in [0.25, 0.3) is 0 Å². The molecule has 0 aromatic carbocycles. The van der Waals surface area contributed by atoms with Crippen LogP contribution in [0.1, 0.15) is 38.4 Å². The summed E-state index contributed by atoms with van der Waals surface area (Å²) in [6.07, 6.45) is -0.396. The monoisotopic (exact) mass is 334 g/mol. The van der Waals surface area contributed by atoms with E-state index in [0.717, 1.165) is 23.8 Å². The molecule has 0 radical (unpaired) electrons. The van der Waals surface area contributed by atoms with E-state index in [4.69, 9.17) is 0 Å². The minimum atomic E-state index is -4.90. The molecular weight excluding hydrogens is 313 g/mol. The second kappa shape index (κ2) is 6.03. The van der Waals surface area contributed by atoms with E-state index < -0.39 is 30.1 Å². The predicted molar refractivity (Wildman–Crippen MR) is 76.6 cm³/mol. The lowest BCUT2D eigenvalue weighted by Crippen LogP contribution is -2.55. The van der Waals surface area contributed by atoms with E-state index >= 15 is 0 Å². The minimum Gasteiger partial charge on any atom is -0.374 e. The fourth-order valence-electron chi connectivity index (χ4n) is 2.65. The van der Waals surface area contributed by atoms with Gasteiger partial charge < -0.3 is 20.3 Å². The van der Waals surface area contributed by atoms with Gasteiger partial charge >= 0.3 is 12.2 Å². The minimum absolute atomic E-state index is 0.288. The third-order valence-corrected chi connectivity index (χ3v) is 4.30. The first-order valence-corrected chi connectivity index (χ1v) is 7.40. The zero-order chi connectivity index (χ0) is 17.3. The summed E-state index contributed by atoms with van der Waals surface area (Å²) < 4.78 is 40.9. The Morgan fingerprint density at radius 1 is 1.48 bits per heavy atom. The summed E-state index contributed by atoms with van der Waals surface area (Å²) >= 11 is 0. The van der Waals surface area contributed by atoms with Crippen LogP contribution in [0.3, 0.4) is 0 Å². The number of rotatable bonds is 5. The summed E-state index contributed by atoms with van der Waals surface area (Å²) in [6.45, 7) is 1.56. The molecule has 3 N–H and O–H groups in total. The second-order valence-corrected chi connectivity index (χ2v) is 6.26. The Morgan fingerprint density at radius 3 is 2.57 bits per heavy atom. The highest BCUT2D eigenvalue weighted by atomic mass is 19.4. The van der Waals surface area contributed by atoms with Gasteiger partial charge in [0.2, 0.25) is 5.60 Å². The molecule has 6 nitrogen and oxygen atoms in total. The lowest BCUT2D eigenvalue weighted by molar-refractivity contribution is -0.272. The molecule has 1 aliphatic rings. The smallest absolute Gasteiger partial charge is 0.374 e. The Kier molecular flexibility index (Phi) is 4.61. The van der Waals surface area contributed by atoms with Gasteiger partial charge in [-0.1, -0.05) is 0 Å². The third kappa shape index (κ3) is 3.60. The number of halogens is 3. The Morgan fingerprint density at radius 2 is 2.13 bits per heavy atom. The quantitative estimate of drug-likeness (QED) is 0.768. The SMILES string of the molecule is Cn1ccnc1C(O)(CCNC(=O)NC1(C)CCC1)C(F)(F)F. The summed E-state index contributed by atoms with van der Waals surface area (Å²) in [7, 11) is 1.37. The van der Waals surface area contributed by atoms with Crippen LogP contribution in [0.15, 0.2) is 12.4 Å². The number of carbonyl (C=O) groups excluding carboxylic acids is 1. The van der Waals surface area contributed by atoms with Crippen molar-refractivity contribution < 1.29 is 23.1 Å². The van der Waals surface area contributed by atoms with E-state index in [0.29, 0.717) is 0 Å². The van der Waals surface area contributed by atoms with Gasteiger partial charge in [0.25, 0.3) is 0 Å². The fraction of sp³-hybridized carbons (Fsp3) is 0.714. The molecule has 130 valence electrons. The van der Waals surface area contributed by atoms with Crippen LogP contribution in [-0.2, 0) is 12.6 Å². The van der Waals surface area contributed by atoms with Crippen molar-refractivity contribution in [3.63, 3.8) is 0 Å². The summed E-state index contributed by atoms with van der Waals surface area (Å²) in [5.74, 6) is -0.502. The molecule has 0 saturated heterocycles. The topological polar surface area (TPSA) is 79.2 Å². The van der Waals surface area contributed by atoms with Crippen molar-refractivity contribution in [3.05, 3.63) is 18.2 Å². The lowest BCUT2D eigenvalue weighted by Gasteiger charge is -2.39. The van der Waals surface area contributed by atoms with Crippen molar-refractivity contribution in [2.75, 3.05) is 6.54 Å². The zero-order valence-electron chi connectivity index (χ0n) is 13.1. The van der Waals surface area contributed by atoms with Gasteiger partial charge in [-0.15, -0.1) is 0 Å². The highest BCUT2D eigenvalue weighted by molar-refractivity contribution is 5.74. The lowest BCUT2D eigenvalue weighted by atomic mass is 9.79. The number of amides is 2. The molecule has 2 rings (SSSR count). The molecule has 1 unspecified atom stereocenters. The van der Waals surface area contributed by atoms with Gasteiger partial charge in [-0.3, -0.25) is 0 Å². The Hall–Kier alpha value is -1.77. The number of carbonyl (C=O) groups is 1. The van der Waals surface area contributed by atoms with Crippen LogP contribution in [0, 0.1) is 0 Å². The van der Waals surface area contributed by atoms with Crippen molar-refractivity contribution >= 4 is 6.03 Å². The molecule has 1 saturated carbocycles. The molecule has 2 amide bonds. The van der Waals surface area contributed by atoms with Gasteiger partial charge in [0, 0.05) is 37.9 Å². The average Bonchev–Trinajstić information content (AvgIpc) is 2.82. The van der Waals surface area contributed by atoms with Crippen molar-refractivity contribution in [2.24, 2.45) is 7.05 Å². The first-order chi connectivity index (χ1) is 10.6. The maximum Gasteiger partial charge on any atom is 0.424 e. The van der Waals surface area contributed by atoms with Gasteiger partial charge in [-0.05, 0) is 26.2 Å².